The third-order valence-electron chi connectivity index (χ3n) is 4.76. The lowest BCUT2D eigenvalue weighted by molar-refractivity contribution is 0.581. The molecule has 0 aliphatic heterocycles. The van der Waals surface area contributed by atoms with Crippen LogP contribution in [0.4, 0.5) is 0 Å². The van der Waals surface area contributed by atoms with Crippen LogP contribution >= 0.6 is 0 Å². The van der Waals surface area contributed by atoms with Crippen LogP contribution in [0.25, 0.3) is 10.9 Å². The summed E-state index contributed by atoms with van der Waals surface area (Å²) in [5, 5.41) is 0.805. The molecule has 26 heavy (non-hydrogen) atoms. The topological polar surface area (TPSA) is 68.2 Å². The fourth-order valence-electron chi connectivity index (χ4n) is 3.23. The summed E-state index contributed by atoms with van der Waals surface area (Å²) in [6, 6.07) is 16.2. The van der Waals surface area contributed by atoms with E-state index >= 15 is 0 Å². The normalized spacial score (nSPS) is 14.7. The van der Waals surface area contributed by atoms with Gasteiger partial charge in [-0.05, 0) is 49.1 Å². The van der Waals surface area contributed by atoms with Gasteiger partial charge in [0.25, 0.3) is 5.56 Å². The molecule has 6 heteroatoms. The fourth-order valence-corrected chi connectivity index (χ4v) is 4.27. The number of sulfonamides is 1. The fraction of sp³-hybridized carbons (Fsp3) is 0.250. The molecule has 0 bridgehead atoms. The Morgan fingerprint density at radius 2 is 1.81 bits per heavy atom. The first kappa shape index (κ1) is 17.0. The molecule has 1 aromatic heterocycles. The summed E-state index contributed by atoms with van der Waals surface area (Å²) in [5.74, 6) is 0. The van der Waals surface area contributed by atoms with Crippen molar-refractivity contribution < 1.29 is 8.42 Å². The van der Waals surface area contributed by atoms with Crippen LogP contribution in [0, 0.1) is 6.92 Å². The Morgan fingerprint density at radius 3 is 2.50 bits per heavy atom. The summed E-state index contributed by atoms with van der Waals surface area (Å²) in [7, 11) is -3.63. The Balaban J connectivity index is 1.71. The lowest BCUT2D eigenvalue weighted by Crippen LogP contribution is -2.24. The first-order valence-electron chi connectivity index (χ1n) is 8.65. The number of pyridine rings is 1. The molecule has 3 aromatic rings. The lowest BCUT2D eigenvalue weighted by Gasteiger charge is -2.13. The van der Waals surface area contributed by atoms with Crippen molar-refractivity contribution >= 4 is 20.9 Å². The van der Waals surface area contributed by atoms with E-state index in [2.05, 4.69) is 4.72 Å². The van der Waals surface area contributed by atoms with Crippen LogP contribution in [0.15, 0.2) is 64.3 Å². The van der Waals surface area contributed by atoms with E-state index in [0.717, 1.165) is 34.9 Å². The number of hydrogen-bond acceptors (Lipinski definition) is 3. The van der Waals surface area contributed by atoms with E-state index in [1.807, 2.05) is 37.3 Å². The van der Waals surface area contributed by atoms with Gasteiger partial charge in [0.1, 0.15) is 0 Å². The number of nitrogens with zero attached hydrogens (tertiary/aromatic N) is 1. The summed E-state index contributed by atoms with van der Waals surface area (Å²) < 4.78 is 29.8. The molecule has 1 heterocycles. The average molecular weight is 368 g/mol. The highest BCUT2D eigenvalue weighted by atomic mass is 32.2. The first-order valence-corrected chi connectivity index (χ1v) is 10.1. The van der Waals surface area contributed by atoms with E-state index in [1.165, 1.54) is 0 Å². The summed E-state index contributed by atoms with van der Waals surface area (Å²) in [4.78, 5) is 12.5. The van der Waals surface area contributed by atoms with E-state index in [-0.39, 0.29) is 23.0 Å². The van der Waals surface area contributed by atoms with Gasteiger partial charge in [0.2, 0.25) is 10.0 Å². The summed E-state index contributed by atoms with van der Waals surface area (Å²) in [6.07, 6.45) is 1.99. The van der Waals surface area contributed by atoms with Crippen molar-refractivity contribution in [2.45, 2.75) is 37.2 Å². The highest BCUT2D eigenvalue weighted by Gasteiger charge is 2.27. The van der Waals surface area contributed by atoms with Gasteiger partial charge in [0, 0.05) is 24.0 Å². The zero-order valence-corrected chi connectivity index (χ0v) is 15.3. The van der Waals surface area contributed by atoms with Gasteiger partial charge in [-0.15, -0.1) is 0 Å². The van der Waals surface area contributed by atoms with Crippen molar-refractivity contribution in [3.8, 4) is 0 Å². The van der Waals surface area contributed by atoms with Crippen LogP contribution in [0.3, 0.4) is 0 Å². The molecule has 0 unspecified atom stereocenters. The molecule has 0 atom stereocenters. The number of benzene rings is 2. The van der Waals surface area contributed by atoms with Gasteiger partial charge in [0.05, 0.1) is 10.4 Å². The molecule has 5 nitrogen and oxygen atoms in total. The van der Waals surface area contributed by atoms with E-state index in [1.54, 1.807) is 28.8 Å². The SMILES string of the molecule is Cc1cc(=O)n(C2CC2)c2ccc(S(=O)(=O)NCc3ccccc3)cc12. The quantitative estimate of drug-likeness (QED) is 0.752. The Bertz CT molecular complexity index is 1130. The van der Waals surface area contributed by atoms with Crippen LogP contribution in [0.2, 0.25) is 0 Å². The minimum Gasteiger partial charge on any atom is -0.305 e. The van der Waals surface area contributed by atoms with E-state index < -0.39 is 10.0 Å². The average Bonchev–Trinajstić information content (AvgIpc) is 3.46. The van der Waals surface area contributed by atoms with Crippen LogP contribution in [-0.4, -0.2) is 13.0 Å². The second-order valence-electron chi connectivity index (χ2n) is 6.76. The maximum atomic E-state index is 12.7. The predicted octanol–water partition coefficient (Wildman–Crippen LogP) is 3.12. The summed E-state index contributed by atoms with van der Waals surface area (Å²) >= 11 is 0. The maximum absolute atomic E-state index is 12.7. The number of fused-ring (bicyclic) bond motifs is 1. The number of hydrogen-bond donors (Lipinski definition) is 1. The third kappa shape index (κ3) is 3.18. The number of rotatable bonds is 5. The van der Waals surface area contributed by atoms with Crippen molar-refractivity contribution in [1.29, 1.82) is 0 Å². The largest absolute Gasteiger partial charge is 0.305 e. The minimum atomic E-state index is -3.63. The Morgan fingerprint density at radius 1 is 1.08 bits per heavy atom. The van der Waals surface area contributed by atoms with Gasteiger partial charge < -0.3 is 4.57 Å². The molecule has 0 amide bonds. The highest BCUT2D eigenvalue weighted by molar-refractivity contribution is 7.89. The Kier molecular flexibility index (Phi) is 4.17. The third-order valence-corrected chi connectivity index (χ3v) is 6.16. The molecule has 134 valence electrons. The molecular formula is C20H20N2O3S. The maximum Gasteiger partial charge on any atom is 0.251 e. The molecule has 1 fully saturated rings. The van der Waals surface area contributed by atoms with Crippen LogP contribution in [-0.2, 0) is 16.6 Å². The van der Waals surface area contributed by atoms with E-state index in [0.29, 0.717) is 0 Å². The molecule has 1 N–H and O–H groups in total. The molecule has 2 aromatic carbocycles. The van der Waals surface area contributed by atoms with Crippen molar-refractivity contribution in [3.05, 3.63) is 76.1 Å². The lowest BCUT2D eigenvalue weighted by atomic mass is 10.1. The van der Waals surface area contributed by atoms with Crippen molar-refractivity contribution in [2.75, 3.05) is 0 Å². The molecule has 0 spiro atoms. The number of aromatic nitrogens is 1. The first-order chi connectivity index (χ1) is 12.5. The van der Waals surface area contributed by atoms with Crippen molar-refractivity contribution in [2.24, 2.45) is 0 Å². The second-order valence-corrected chi connectivity index (χ2v) is 8.52. The van der Waals surface area contributed by atoms with Crippen LogP contribution < -0.4 is 10.3 Å². The standard InChI is InChI=1S/C20H20N2O3S/c1-14-11-20(23)22(16-7-8-16)19-10-9-17(12-18(14)19)26(24,25)21-13-15-5-3-2-4-6-15/h2-6,9-12,16,21H,7-8,13H2,1H3. The molecular weight excluding hydrogens is 348 g/mol. The van der Waals surface area contributed by atoms with Gasteiger partial charge in [-0.2, -0.15) is 0 Å². The number of aryl methyl sites for hydroxylation is 1. The van der Waals surface area contributed by atoms with E-state index in [9.17, 15) is 13.2 Å². The summed E-state index contributed by atoms with van der Waals surface area (Å²) in [5.41, 5.74) is 2.48. The second kappa shape index (κ2) is 6.37. The van der Waals surface area contributed by atoms with Gasteiger partial charge in [-0.3, -0.25) is 4.79 Å². The van der Waals surface area contributed by atoms with Crippen LogP contribution in [0.1, 0.15) is 30.0 Å². The minimum absolute atomic E-state index is 0.0182. The van der Waals surface area contributed by atoms with Gasteiger partial charge in [-0.25, -0.2) is 13.1 Å². The molecule has 1 saturated carbocycles. The van der Waals surface area contributed by atoms with Gasteiger partial charge in [0.15, 0.2) is 0 Å². The molecule has 0 saturated heterocycles. The zero-order valence-electron chi connectivity index (χ0n) is 14.5. The zero-order chi connectivity index (χ0) is 18.3. The number of nitrogens with one attached hydrogen (secondary N) is 1. The monoisotopic (exact) mass is 368 g/mol. The summed E-state index contributed by atoms with van der Waals surface area (Å²) in [6.45, 7) is 2.08. The molecule has 1 aliphatic carbocycles. The van der Waals surface area contributed by atoms with Crippen molar-refractivity contribution in [3.63, 3.8) is 0 Å². The molecule has 0 radical (unpaired) electrons. The highest BCUT2D eigenvalue weighted by Crippen LogP contribution is 2.36. The van der Waals surface area contributed by atoms with Crippen molar-refractivity contribution in [1.82, 2.24) is 9.29 Å². The Hall–Kier alpha value is -2.44. The van der Waals surface area contributed by atoms with Crippen LogP contribution in [0.5, 0.6) is 0 Å². The predicted molar refractivity (Wildman–Crippen MR) is 102 cm³/mol. The van der Waals surface area contributed by atoms with Gasteiger partial charge in [-0.1, -0.05) is 30.3 Å². The molecule has 4 rings (SSSR count). The van der Waals surface area contributed by atoms with Gasteiger partial charge >= 0.3 is 0 Å². The smallest absolute Gasteiger partial charge is 0.251 e. The van der Waals surface area contributed by atoms with E-state index in [4.69, 9.17) is 0 Å². The Labute approximate surface area is 152 Å². The molecule has 1 aliphatic rings.